The number of aromatic carboxylic acids is 1. The Morgan fingerprint density at radius 2 is 1.80 bits per heavy atom. The Morgan fingerprint density at radius 1 is 1.13 bits per heavy atom. The molecule has 0 radical (unpaired) electrons. The molecule has 0 fully saturated rings. The first-order valence-electron chi connectivity index (χ1n) is 4.20. The van der Waals surface area contributed by atoms with Gasteiger partial charge in [-0.2, -0.15) is 0 Å². The molecule has 0 bridgehead atoms. The van der Waals surface area contributed by atoms with Gasteiger partial charge in [-0.3, -0.25) is 0 Å². The highest BCUT2D eigenvalue weighted by atomic mass is 19.1. The number of hydrogen-bond donors (Lipinski definition) is 1. The molecule has 2 rings (SSSR count). The van der Waals surface area contributed by atoms with Crippen LogP contribution in [-0.2, 0) is 0 Å². The van der Waals surface area contributed by atoms with E-state index in [0.717, 1.165) is 12.1 Å². The van der Waals surface area contributed by atoms with Gasteiger partial charge in [-0.25, -0.2) is 13.6 Å². The van der Waals surface area contributed by atoms with Crippen LogP contribution in [0.4, 0.5) is 8.78 Å². The van der Waals surface area contributed by atoms with Crippen LogP contribution in [0.25, 0.3) is 10.8 Å². The average molecular weight is 208 g/mol. The lowest BCUT2D eigenvalue weighted by Crippen LogP contribution is -2.00. The van der Waals surface area contributed by atoms with E-state index < -0.39 is 23.2 Å². The molecule has 0 spiro atoms. The van der Waals surface area contributed by atoms with Crippen LogP contribution < -0.4 is 0 Å². The molecule has 4 heteroatoms. The second-order valence-electron chi connectivity index (χ2n) is 3.10. The second-order valence-corrected chi connectivity index (χ2v) is 3.10. The predicted molar refractivity (Wildman–Crippen MR) is 50.8 cm³/mol. The molecule has 0 saturated carbocycles. The maximum absolute atomic E-state index is 13.6. The van der Waals surface area contributed by atoms with Gasteiger partial charge in [0.2, 0.25) is 0 Å². The summed E-state index contributed by atoms with van der Waals surface area (Å²) >= 11 is 0. The quantitative estimate of drug-likeness (QED) is 0.782. The van der Waals surface area contributed by atoms with Crippen LogP contribution in [0.15, 0.2) is 30.3 Å². The first kappa shape index (κ1) is 9.58. The van der Waals surface area contributed by atoms with E-state index in [2.05, 4.69) is 0 Å². The molecule has 2 nitrogen and oxygen atoms in total. The van der Waals surface area contributed by atoms with Crippen LogP contribution in [0.5, 0.6) is 0 Å². The van der Waals surface area contributed by atoms with Gasteiger partial charge in [-0.15, -0.1) is 0 Å². The molecule has 0 heterocycles. The van der Waals surface area contributed by atoms with Crippen LogP contribution in [0.2, 0.25) is 0 Å². The molecule has 2 aromatic rings. The molecule has 0 amide bonds. The fraction of sp³-hybridized carbons (Fsp3) is 0. The fourth-order valence-electron chi connectivity index (χ4n) is 1.42. The van der Waals surface area contributed by atoms with Crippen LogP contribution >= 0.6 is 0 Å². The van der Waals surface area contributed by atoms with Crippen molar-refractivity contribution in [2.24, 2.45) is 0 Å². The highest BCUT2D eigenvalue weighted by Crippen LogP contribution is 2.22. The lowest BCUT2D eigenvalue weighted by molar-refractivity contribution is 0.0692. The summed E-state index contributed by atoms with van der Waals surface area (Å²) in [5.74, 6) is -2.86. The third-order valence-corrected chi connectivity index (χ3v) is 2.15. The molecule has 76 valence electrons. The minimum atomic E-state index is -1.36. The molecule has 0 unspecified atom stereocenters. The monoisotopic (exact) mass is 208 g/mol. The number of benzene rings is 2. The Balaban J connectivity index is 2.82. The predicted octanol–water partition coefficient (Wildman–Crippen LogP) is 2.82. The van der Waals surface area contributed by atoms with E-state index in [4.69, 9.17) is 5.11 Å². The molecule has 15 heavy (non-hydrogen) atoms. The topological polar surface area (TPSA) is 37.3 Å². The van der Waals surface area contributed by atoms with E-state index in [1.807, 2.05) is 0 Å². The van der Waals surface area contributed by atoms with Crippen LogP contribution in [0.1, 0.15) is 10.4 Å². The third kappa shape index (κ3) is 1.54. The standard InChI is InChI=1S/C11H6F2O2/c12-7-3-1-6-2-4-8(11(14)15)10(13)9(6)5-7/h1-5H,(H,14,15). The summed E-state index contributed by atoms with van der Waals surface area (Å²) in [5.41, 5.74) is -0.451. The lowest BCUT2D eigenvalue weighted by Gasteiger charge is -2.02. The van der Waals surface area contributed by atoms with E-state index >= 15 is 0 Å². The molecular weight excluding hydrogens is 202 g/mol. The van der Waals surface area contributed by atoms with E-state index in [0.29, 0.717) is 5.39 Å². The van der Waals surface area contributed by atoms with Gasteiger partial charge >= 0.3 is 5.97 Å². The SMILES string of the molecule is O=C(O)c1ccc2ccc(F)cc2c1F. The van der Waals surface area contributed by atoms with Crippen molar-refractivity contribution < 1.29 is 18.7 Å². The molecule has 0 saturated heterocycles. The Labute approximate surface area is 83.8 Å². The second kappa shape index (κ2) is 3.31. The summed E-state index contributed by atoms with van der Waals surface area (Å²) in [6.45, 7) is 0. The minimum absolute atomic E-state index is 0.0186. The summed E-state index contributed by atoms with van der Waals surface area (Å²) in [7, 11) is 0. The zero-order chi connectivity index (χ0) is 11.0. The van der Waals surface area contributed by atoms with Gasteiger partial charge in [0.05, 0.1) is 5.56 Å². The van der Waals surface area contributed by atoms with E-state index in [-0.39, 0.29) is 5.39 Å². The largest absolute Gasteiger partial charge is 0.478 e. The van der Waals surface area contributed by atoms with Gasteiger partial charge in [-0.05, 0) is 23.6 Å². The third-order valence-electron chi connectivity index (χ3n) is 2.15. The lowest BCUT2D eigenvalue weighted by atomic mass is 10.1. The molecule has 0 aliphatic carbocycles. The summed E-state index contributed by atoms with van der Waals surface area (Å²) in [5, 5.41) is 9.11. The summed E-state index contributed by atoms with van der Waals surface area (Å²) < 4.78 is 26.4. The Kier molecular flexibility index (Phi) is 2.11. The Bertz CT molecular complexity index is 550. The maximum atomic E-state index is 13.6. The maximum Gasteiger partial charge on any atom is 0.338 e. The van der Waals surface area contributed by atoms with Crippen molar-refractivity contribution in [1.82, 2.24) is 0 Å². The van der Waals surface area contributed by atoms with Gasteiger partial charge < -0.3 is 5.11 Å². The smallest absolute Gasteiger partial charge is 0.338 e. The van der Waals surface area contributed by atoms with Gasteiger partial charge in [-0.1, -0.05) is 12.1 Å². The summed E-state index contributed by atoms with van der Waals surface area (Å²) in [4.78, 5) is 10.6. The van der Waals surface area contributed by atoms with Gasteiger partial charge in [0.1, 0.15) is 11.6 Å². The van der Waals surface area contributed by atoms with Gasteiger partial charge in [0.15, 0.2) is 0 Å². The van der Waals surface area contributed by atoms with Gasteiger partial charge in [0.25, 0.3) is 0 Å². The van der Waals surface area contributed by atoms with Crippen LogP contribution in [-0.4, -0.2) is 11.1 Å². The number of carboxylic acids is 1. The number of rotatable bonds is 1. The van der Waals surface area contributed by atoms with Crippen molar-refractivity contribution in [2.75, 3.05) is 0 Å². The molecule has 0 atom stereocenters. The van der Waals surface area contributed by atoms with Crippen LogP contribution in [0.3, 0.4) is 0 Å². The van der Waals surface area contributed by atoms with Crippen molar-refractivity contribution in [2.45, 2.75) is 0 Å². The highest BCUT2D eigenvalue weighted by molar-refractivity contribution is 5.95. The Morgan fingerprint density at radius 3 is 2.47 bits per heavy atom. The number of carboxylic acid groups (broad SMARTS) is 1. The van der Waals surface area contributed by atoms with Crippen molar-refractivity contribution in [3.05, 3.63) is 47.5 Å². The number of halogens is 2. The first-order chi connectivity index (χ1) is 7.09. The van der Waals surface area contributed by atoms with Crippen LogP contribution in [0, 0.1) is 11.6 Å². The fourth-order valence-corrected chi connectivity index (χ4v) is 1.42. The minimum Gasteiger partial charge on any atom is -0.478 e. The normalized spacial score (nSPS) is 10.5. The molecule has 0 aliphatic rings. The van der Waals surface area contributed by atoms with E-state index in [1.165, 1.54) is 18.2 Å². The van der Waals surface area contributed by atoms with Crippen molar-refractivity contribution in [3.8, 4) is 0 Å². The highest BCUT2D eigenvalue weighted by Gasteiger charge is 2.13. The molecule has 0 aliphatic heterocycles. The average Bonchev–Trinajstić information content (AvgIpc) is 2.19. The number of hydrogen-bond acceptors (Lipinski definition) is 1. The zero-order valence-corrected chi connectivity index (χ0v) is 7.50. The Hall–Kier alpha value is -1.97. The summed E-state index contributed by atoms with van der Waals surface area (Å²) in [6, 6.07) is 6.19. The zero-order valence-electron chi connectivity index (χ0n) is 7.50. The van der Waals surface area contributed by atoms with Crippen molar-refractivity contribution in [1.29, 1.82) is 0 Å². The van der Waals surface area contributed by atoms with Crippen molar-refractivity contribution in [3.63, 3.8) is 0 Å². The molecule has 0 aromatic heterocycles. The van der Waals surface area contributed by atoms with Crippen molar-refractivity contribution >= 4 is 16.7 Å². The number of fused-ring (bicyclic) bond motifs is 1. The molecular formula is C11H6F2O2. The molecule has 1 N–H and O–H groups in total. The van der Waals surface area contributed by atoms with Gasteiger partial charge in [0, 0.05) is 5.39 Å². The van der Waals surface area contributed by atoms with E-state index in [9.17, 15) is 13.6 Å². The first-order valence-corrected chi connectivity index (χ1v) is 4.20. The number of carbonyl (C=O) groups is 1. The van der Waals surface area contributed by atoms with E-state index in [1.54, 1.807) is 0 Å². The summed E-state index contributed by atoms with van der Waals surface area (Å²) in [6.07, 6.45) is 0. The molecule has 2 aromatic carbocycles.